The summed E-state index contributed by atoms with van der Waals surface area (Å²) in [4.78, 5) is 8.78. The molecule has 18 heavy (non-hydrogen) atoms. The molecular weight excluding hydrogens is 246 g/mol. The van der Waals surface area contributed by atoms with Gasteiger partial charge in [0.15, 0.2) is 0 Å². The lowest BCUT2D eigenvalue weighted by Crippen LogP contribution is -2.27. The predicted octanol–water partition coefficient (Wildman–Crippen LogP) is 2.88. The van der Waals surface area contributed by atoms with E-state index in [1.807, 2.05) is 24.8 Å². The van der Waals surface area contributed by atoms with Crippen LogP contribution in [0.4, 0.5) is 5.95 Å². The number of aryl methyl sites for hydroxylation is 1. The second-order valence-electron chi connectivity index (χ2n) is 4.55. The molecule has 0 spiro atoms. The van der Waals surface area contributed by atoms with Crippen LogP contribution in [-0.4, -0.2) is 34.1 Å². The molecule has 5 heteroatoms. The molecule has 1 fully saturated rings. The van der Waals surface area contributed by atoms with Crippen molar-refractivity contribution in [1.29, 1.82) is 0 Å². The summed E-state index contributed by atoms with van der Waals surface area (Å²) >= 11 is 2.03. The molecule has 1 aliphatic rings. The van der Waals surface area contributed by atoms with Crippen LogP contribution in [0, 0.1) is 6.92 Å². The van der Waals surface area contributed by atoms with Crippen molar-refractivity contribution in [3.8, 4) is 5.88 Å². The lowest BCUT2D eigenvalue weighted by Gasteiger charge is -2.20. The van der Waals surface area contributed by atoms with Gasteiger partial charge in [-0.1, -0.05) is 13.3 Å². The minimum Gasteiger partial charge on any atom is -0.481 e. The first-order valence-corrected chi connectivity index (χ1v) is 7.55. The molecule has 2 rings (SSSR count). The van der Waals surface area contributed by atoms with Crippen LogP contribution in [0.1, 0.15) is 31.9 Å². The quantitative estimate of drug-likeness (QED) is 0.889. The van der Waals surface area contributed by atoms with Crippen molar-refractivity contribution in [2.45, 2.75) is 44.4 Å². The summed E-state index contributed by atoms with van der Waals surface area (Å²) in [5.41, 5.74) is 0.932. The molecule has 1 heterocycles. The van der Waals surface area contributed by atoms with Crippen molar-refractivity contribution in [2.24, 2.45) is 0 Å². The van der Waals surface area contributed by atoms with Gasteiger partial charge in [-0.3, -0.25) is 0 Å². The van der Waals surface area contributed by atoms with Crippen molar-refractivity contribution in [3.05, 3.63) is 11.8 Å². The van der Waals surface area contributed by atoms with Gasteiger partial charge in [0, 0.05) is 23.1 Å². The van der Waals surface area contributed by atoms with Crippen LogP contribution in [-0.2, 0) is 0 Å². The van der Waals surface area contributed by atoms with Gasteiger partial charge in [0.1, 0.15) is 0 Å². The topological polar surface area (TPSA) is 47.0 Å². The van der Waals surface area contributed by atoms with Crippen molar-refractivity contribution in [1.82, 2.24) is 9.97 Å². The molecule has 2 unspecified atom stereocenters. The number of nitrogens with one attached hydrogen (secondary N) is 1. The van der Waals surface area contributed by atoms with Gasteiger partial charge in [-0.15, -0.1) is 0 Å². The molecule has 0 aliphatic heterocycles. The molecule has 0 aromatic carbocycles. The van der Waals surface area contributed by atoms with E-state index in [9.17, 15) is 0 Å². The first kappa shape index (κ1) is 13.5. The van der Waals surface area contributed by atoms with E-state index < -0.39 is 0 Å². The van der Waals surface area contributed by atoms with Crippen LogP contribution in [0.3, 0.4) is 0 Å². The molecule has 0 saturated heterocycles. The zero-order valence-corrected chi connectivity index (χ0v) is 12.1. The number of hydrogen-bond donors (Lipinski definition) is 1. The SMILES string of the molecule is CCSC1CCCC1Nc1nc(C)cc(OC)n1. The third-order valence-electron chi connectivity index (χ3n) is 3.19. The highest BCUT2D eigenvalue weighted by Crippen LogP contribution is 2.31. The van der Waals surface area contributed by atoms with Crippen LogP contribution in [0.25, 0.3) is 0 Å². The molecule has 1 aromatic heterocycles. The minimum absolute atomic E-state index is 0.487. The number of ether oxygens (including phenoxy) is 1. The summed E-state index contributed by atoms with van der Waals surface area (Å²) in [6.07, 6.45) is 3.79. The maximum absolute atomic E-state index is 5.18. The average Bonchev–Trinajstić information content (AvgIpc) is 2.76. The summed E-state index contributed by atoms with van der Waals surface area (Å²) in [7, 11) is 1.64. The Morgan fingerprint density at radius 1 is 1.44 bits per heavy atom. The van der Waals surface area contributed by atoms with Crippen molar-refractivity contribution >= 4 is 17.7 Å². The maximum atomic E-state index is 5.18. The maximum Gasteiger partial charge on any atom is 0.226 e. The molecule has 1 aromatic rings. The van der Waals surface area contributed by atoms with Crippen LogP contribution in [0.15, 0.2) is 6.07 Å². The van der Waals surface area contributed by atoms with E-state index in [1.54, 1.807) is 7.11 Å². The number of rotatable bonds is 5. The van der Waals surface area contributed by atoms with Gasteiger partial charge in [-0.05, 0) is 25.5 Å². The van der Waals surface area contributed by atoms with Gasteiger partial charge in [-0.2, -0.15) is 16.7 Å². The van der Waals surface area contributed by atoms with E-state index >= 15 is 0 Å². The minimum atomic E-state index is 0.487. The lowest BCUT2D eigenvalue weighted by atomic mass is 10.2. The molecule has 0 radical (unpaired) electrons. The molecule has 1 saturated carbocycles. The fourth-order valence-electron chi connectivity index (χ4n) is 2.38. The molecule has 100 valence electrons. The molecule has 2 atom stereocenters. The second-order valence-corrected chi connectivity index (χ2v) is 6.07. The van der Waals surface area contributed by atoms with E-state index in [-0.39, 0.29) is 0 Å². The molecule has 1 aliphatic carbocycles. The van der Waals surface area contributed by atoms with Gasteiger partial charge in [0.05, 0.1) is 7.11 Å². The third-order valence-corrected chi connectivity index (χ3v) is 4.51. The normalized spacial score (nSPS) is 23.1. The van der Waals surface area contributed by atoms with Crippen LogP contribution >= 0.6 is 11.8 Å². The van der Waals surface area contributed by atoms with E-state index in [2.05, 4.69) is 22.2 Å². The van der Waals surface area contributed by atoms with Gasteiger partial charge in [0.2, 0.25) is 11.8 Å². The Bertz CT molecular complexity index is 400. The number of hydrogen-bond acceptors (Lipinski definition) is 5. The zero-order valence-electron chi connectivity index (χ0n) is 11.3. The summed E-state index contributed by atoms with van der Waals surface area (Å²) in [6, 6.07) is 2.33. The standard InChI is InChI=1S/C13H21N3OS/c1-4-18-11-7-5-6-10(11)15-13-14-9(2)8-12(16-13)17-3/h8,10-11H,4-7H2,1-3H3,(H,14,15,16). The Balaban J connectivity index is 2.06. The first-order chi connectivity index (χ1) is 8.72. The summed E-state index contributed by atoms with van der Waals surface area (Å²) < 4.78 is 5.18. The van der Waals surface area contributed by atoms with Gasteiger partial charge >= 0.3 is 0 Å². The predicted molar refractivity (Wildman–Crippen MR) is 76.5 cm³/mol. The van der Waals surface area contributed by atoms with E-state index in [4.69, 9.17) is 4.74 Å². The summed E-state index contributed by atoms with van der Waals surface area (Å²) in [5, 5.41) is 4.15. The fourth-order valence-corrected chi connectivity index (χ4v) is 3.58. The molecule has 0 amide bonds. The third kappa shape index (κ3) is 3.28. The highest BCUT2D eigenvalue weighted by Gasteiger charge is 2.27. The Hall–Kier alpha value is -0.970. The number of nitrogens with zero attached hydrogens (tertiary/aromatic N) is 2. The Morgan fingerprint density at radius 3 is 3.00 bits per heavy atom. The second kappa shape index (κ2) is 6.27. The highest BCUT2D eigenvalue weighted by molar-refractivity contribution is 7.99. The molecule has 1 N–H and O–H groups in total. The van der Waals surface area contributed by atoms with Crippen LogP contribution in [0.2, 0.25) is 0 Å². The highest BCUT2D eigenvalue weighted by atomic mass is 32.2. The summed E-state index contributed by atoms with van der Waals surface area (Å²) in [5.74, 6) is 2.49. The monoisotopic (exact) mass is 267 g/mol. The largest absolute Gasteiger partial charge is 0.481 e. The first-order valence-electron chi connectivity index (χ1n) is 6.50. The zero-order chi connectivity index (χ0) is 13.0. The Kier molecular flexibility index (Phi) is 4.69. The fraction of sp³-hybridized carbons (Fsp3) is 0.692. The Labute approximate surface area is 113 Å². The average molecular weight is 267 g/mol. The molecular formula is C13H21N3OS. The number of anilines is 1. The van der Waals surface area contributed by atoms with Crippen LogP contribution < -0.4 is 10.1 Å². The number of aromatic nitrogens is 2. The molecule has 4 nitrogen and oxygen atoms in total. The molecule has 0 bridgehead atoms. The van der Waals surface area contributed by atoms with E-state index in [1.165, 1.54) is 25.0 Å². The van der Waals surface area contributed by atoms with E-state index in [0.717, 1.165) is 5.69 Å². The Morgan fingerprint density at radius 2 is 2.28 bits per heavy atom. The summed E-state index contributed by atoms with van der Waals surface area (Å²) in [6.45, 7) is 4.18. The van der Waals surface area contributed by atoms with Crippen molar-refractivity contribution < 1.29 is 4.74 Å². The number of methoxy groups -OCH3 is 1. The number of thioether (sulfide) groups is 1. The van der Waals surface area contributed by atoms with Gasteiger partial charge < -0.3 is 10.1 Å². The van der Waals surface area contributed by atoms with Gasteiger partial charge in [0.25, 0.3) is 0 Å². The van der Waals surface area contributed by atoms with Gasteiger partial charge in [-0.25, -0.2) is 4.98 Å². The van der Waals surface area contributed by atoms with E-state index in [0.29, 0.717) is 23.1 Å². The van der Waals surface area contributed by atoms with Crippen molar-refractivity contribution in [2.75, 3.05) is 18.2 Å². The lowest BCUT2D eigenvalue weighted by molar-refractivity contribution is 0.397. The van der Waals surface area contributed by atoms with Crippen molar-refractivity contribution in [3.63, 3.8) is 0 Å². The smallest absolute Gasteiger partial charge is 0.226 e. The van der Waals surface area contributed by atoms with Crippen LogP contribution in [0.5, 0.6) is 5.88 Å².